The summed E-state index contributed by atoms with van der Waals surface area (Å²) in [5, 5.41) is 5.98. The van der Waals surface area contributed by atoms with Crippen molar-refractivity contribution in [2.75, 3.05) is 12.4 Å². The number of rotatable bonds is 9. The number of carbonyl (C=O) groups is 1. The molecule has 1 aromatic carbocycles. The highest BCUT2D eigenvalue weighted by molar-refractivity contribution is 6.45. The van der Waals surface area contributed by atoms with Gasteiger partial charge in [-0.2, -0.15) is 0 Å². The van der Waals surface area contributed by atoms with Crippen molar-refractivity contribution in [2.45, 2.75) is 59.7 Å². The second kappa shape index (κ2) is 12.9. The molecule has 0 aliphatic heterocycles. The molecule has 0 heterocycles. The summed E-state index contributed by atoms with van der Waals surface area (Å²) in [4.78, 5) is 21.1. The van der Waals surface area contributed by atoms with E-state index in [1.54, 1.807) is 45.3 Å². The normalized spacial score (nSPS) is 19.8. The predicted octanol–water partition coefficient (Wildman–Crippen LogP) is 6.41. The van der Waals surface area contributed by atoms with Gasteiger partial charge in [-0.05, 0) is 70.5 Å². The van der Waals surface area contributed by atoms with Gasteiger partial charge < -0.3 is 10.6 Å². The van der Waals surface area contributed by atoms with Gasteiger partial charge in [-0.1, -0.05) is 25.2 Å². The number of carbonyl (C=O) groups excluding carboxylic acids is 1. The Morgan fingerprint density at radius 2 is 1.97 bits per heavy atom. The van der Waals surface area contributed by atoms with Gasteiger partial charge in [0.2, 0.25) is 0 Å². The Labute approximate surface area is 201 Å². The molecule has 7 heteroatoms. The third-order valence-corrected chi connectivity index (χ3v) is 5.46. The zero-order valence-electron chi connectivity index (χ0n) is 20.7. The zero-order valence-corrected chi connectivity index (χ0v) is 20.7. The van der Waals surface area contributed by atoms with Crippen molar-refractivity contribution in [1.29, 1.82) is 0 Å². The minimum absolute atomic E-state index is 0.127. The lowest BCUT2D eigenvalue weighted by Crippen LogP contribution is -2.35. The van der Waals surface area contributed by atoms with Crippen LogP contribution in [0.5, 0.6) is 0 Å². The number of allylic oxidation sites excluding steroid dienone is 4. The summed E-state index contributed by atoms with van der Waals surface area (Å²) in [5.74, 6) is -0.179. The predicted molar refractivity (Wildman–Crippen MR) is 138 cm³/mol. The second-order valence-corrected chi connectivity index (χ2v) is 8.15. The maximum atomic E-state index is 14.5. The van der Waals surface area contributed by atoms with Crippen LogP contribution in [0.4, 0.5) is 14.5 Å². The van der Waals surface area contributed by atoms with Crippen molar-refractivity contribution in [1.82, 2.24) is 5.32 Å². The number of benzene rings is 1. The van der Waals surface area contributed by atoms with Gasteiger partial charge in [-0.15, -0.1) is 0 Å². The summed E-state index contributed by atoms with van der Waals surface area (Å²) in [6, 6.07) is 4.87. The molecule has 1 aliphatic rings. The van der Waals surface area contributed by atoms with Crippen LogP contribution in [0.15, 0.2) is 75.8 Å². The Hall–Kier alpha value is -3.19. The number of halogens is 2. The van der Waals surface area contributed by atoms with Crippen LogP contribution in [0.2, 0.25) is 0 Å². The zero-order chi connectivity index (χ0) is 25.3. The highest BCUT2D eigenvalue weighted by atomic mass is 19.2. The van der Waals surface area contributed by atoms with Crippen LogP contribution >= 0.6 is 0 Å². The number of amidine groups is 1. The molecule has 0 saturated carbocycles. The summed E-state index contributed by atoms with van der Waals surface area (Å²) in [6.45, 7) is 9.21. The monoisotopic (exact) mass is 468 g/mol. The Morgan fingerprint density at radius 3 is 2.59 bits per heavy atom. The molecule has 0 aromatic heterocycles. The SMILES string of the molecule is C/C=C\N=C(Nc1ccc(C(=O)CCC)c(C)c1)C(C)=N/C=C(\C)C1=C(F)C(F)C(NC)C=C1. The molecule has 182 valence electrons. The number of ketones is 1. The van der Waals surface area contributed by atoms with E-state index < -0.39 is 18.0 Å². The number of likely N-dealkylation sites (N-methyl/N-ethyl adjacent to an activating group) is 1. The Morgan fingerprint density at radius 1 is 1.24 bits per heavy atom. The fourth-order valence-electron chi connectivity index (χ4n) is 3.49. The van der Waals surface area contributed by atoms with Crippen LogP contribution in [0.1, 0.15) is 56.5 Å². The van der Waals surface area contributed by atoms with Crippen molar-refractivity contribution in [3.05, 3.63) is 76.9 Å². The highest BCUT2D eigenvalue weighted by Gasteiger charge is 2.28. The van der Waals surface area contributed by atoms with Crippen LogP contribution in [-0.4, -0.2) is 36.6 Å². The summed E-state index contributed by atoms with van der Waals surface area (Å²) in [6.07, 6.45) is 7.70. The maximum Gasteiger partial charge on any atom is 0.171 e. The van der Waals surface area contributed by atoms with Crippen LogP contribution in [0.25, 0.3) is 0 Å². The second-order valence-electron chi connectivity index (χ2n) is 8.15. The first-order valence-electron chi connectivity index (χ1n) is 11.4. The highest BCUT2D eigenvalue weighted by Crippen LogP contribution is 2.28. The lowest BCUT2D eigenvalue weighted by molar-refractivity contribution is 0.0981. The summed E-state index contributed by atoms with van der Waals surface area (Å²) >= 11 is 0. The van der Waals surface area contributed by atoms with E-state index in [4.69, 9.17) is 0 Å². The largest absolute Gasteiger partial charge is 0.339 e. The number of nitrogens with zero attached hydrogens (tertiary/aromatic N) is 2. The minimum atomic E-state index is -1.73. The molecule has 0 amide bonds. The van der Waals surface area contributed by atoms with E-state index in [9.17, 15) is 13.6 Å². The van der Waals surface area contributed by atoms with E-state index in [0.29, 0.717) is 29.1 Å². The van der Waals surface area contributed by atoms with Gasteiger partial charge in [0, 0.05) is 35.6 Å². The number of hydrogen-bond donors (Lipinski definition) is 2. The van der Waals surface area contributed by atoms with Crippen molar-refractivity contribution >= 4 is 23.0 Å². The first kappa shape index (κ1) is 27.1. The summed E-state index contributed by atoms with van der Waals surface area (Å²) in [5.41, 5.74) is 3.62. The van der Waals surface area contributed by atoms with Crippen molar-refractivity contribution in [2.24, 2.45) is 9.98 Å². The van der Waals surface area contributed by atoms with Gasteiger partial charge in [-0.3, -0.25) is 9.79 Å². The molecule has 5 nitrogen and oxygen atoms in total. The quantitative estimate of drug-likeness (QED) is 0.250. The number of Topliss-reactive ketones (excluding diaryl/α,β-unsaturated/α-hetero) is 1. The van der Waals surface area contributed by atoms with E-state index in [-0.39, 0.29) is 11.4 Å². The van der Waals surface area contributed by atoms with Gasteiger partial charge in [0.15, 0.2) is 17.8 Å². The molecule has 0 fully saturated rings. The lowest BCUT2D eigenvalue weighted by Gasteiger charge is -2.21. The third kappa shape index (κ3) is 6.90. The molecule has 0 radical (unpaired) electrons. The van der Waals surface area contributed by atoms with Gasteiger partial charge in [0.1, 0.15) is 5.83 Å². The van der Waals surface area contributed by atoms with Crippen LogP contribution in [0.3, 0.4) is 0 Å². The number of aryl methyl sites for hydroxylation is 1. The number of anilines is 1. The van der Waals surface area contributed by atoms with E-state index in [1.165, 1.54) is 6.20 Å². The average Bonchev–Trinajstić information content (AvgIpc) is 2.81. The molecule has 1 aromatic rings. The van der Waals surface area contributed by atoms with E-state index in [0.717, 1.165) is 17.7 Å². The van der Waals surface area contributed by atoms with Crippen molar-refractivity contribution < 1.29 is 13.6 Å². The Balaban J connectivity index is 2.29. The van der Waals surface area contributed by atoms with E-state index >= 15 is 0 Å². The fourth-order valence-corrected chi connectivity index (χ4v) is 3.49. The van der Waals surface area contributed by atoms with Gasteiger partial charge in [-0.25, -0.2) is 13.8 Å². The number of nitrogens with one attached hydrogen (secondary N) is 2. The van der Waals surface area contributed by atoms with Gasteiger partial charge in [0.05, 0.1) is 11.8 Å². The summed E-state index contributed by atoms with van der Waals surface area (Å²) in [7, 11) is 1.59. The Kier molecular flexibility index (Phi) is 10.3. The van der Waals surface area contributed by atoms with Crippen molar-refractivity contribution in [3.8, 4) is 0 Å². The molecule has 34 heavy (non-hydrogen) atoms. The topological polar surface area (TPSA) is 65.8 Å². The molecule has 1 aliphatic carbocycles. The molecule has 2 atom stereocenters. The molecule has 0 saturated heterocycles. The number of hydrogen-bond acceptors (Lipinski definition) is 4. The van der Waals surface area contributed by atoms with Gasteiger partial charge in [0.25, 0.3) is 0 Å². The summed E-state index contributed by atoms with van der Waals surface area (Å²) < 4.78 is 28.7. The average molecular weight is 469 g/mol. The van der Waals surface area contributed by atoms with E-state index in [2.05, 4.69) is 20.6 Å². The molecule has 0 bridgehead atoms. The van der Waals surface area contributed by atoms with Crippen molar-refractivity contribution in [3.63, 3.8) is 0 Å². The standard InChI is InChI=1S/C27H34F2N4O/c1-7-9-24(34)21-11-10-20(15-17(21)3)33-27(31-14-8-2)19(5)32-16-18(4)22-12-13-23(30-6)26(29)25(22)28/h8,10-16,23,26,30H,7,9H2,1-6H3,(H,31,33)/b14-8-,18-16+,32-19?. The molecular weight excluding hydrogens is 434 g/mol. The molecule has 2 unspecified atom stereocenters. The maximum absolute atomic E-state index is 14.5. The van der Waals surface area contributed by atoms with Crippen LogP contribution in [-0.2, 0) is 0 Å². The molecule has 0 spiro atoms. The first-order valence-corrected chi connectivity index (χ1v) is 11.4. The minimum Gasteiger partial charge on any atom is -0.339 e. The van der Waals surface area contributed by atoms with Crippen LogP contribution < -0.4 is 10.6 Å². The number of aliphatic imine (C=N–C) groups is 2. The number of alkyl halides is 1. The third-order valence-electron chi connectivity index (χ3n) is 5.46. The van der Waals surface area contributed by atoms with E-state index in [1.807, 2.05) is 39.0 Å². The first-order chi connectivity index (χ1) is 16.2. The van der Waals surface area contributed by atoms with Crippen LogP contribution in [0, 0.1) is 6.92 Å². The molecule has 2 rings (SSSR count). The lowest BCUT2D eigenvalue weighted by atomic mass is 9.96. The molecule has 2 N–H and O–H groups in total. The Bertz CT molecular complexity index is 1080. The fraction of sp³-hybridized carbons (Fsp3) is 0.370. The van der Waals surface area contributed by atoms with Gasteiger partial charge >= 0.3 is 0 Å². The molecular formula is C27H34F2N4O. The smallest absolute Gasteiger partial charge is 0.171 e.